The van der Waals surface area contributed by atoms with E-state index in [2.05, 4.69) is 30.7 Å². The van der Waals surface area contributed by atoms with Gasteiger partial charge in [0.2, 0.25) is 0 Å². The number of carbonyl (C=O) groups is 1. The molecule has 0 saturated heterocycles. The first kappa shape index (κ1) is 20.1. The van der Waals surface area contributed by atoms with Gasteiger partial charge in [-0.25, -0.2) is 4.98 Å². The van der Waals surface area contributed by atoms with Gasteiger partial charge in [0.1, 0.15) is 5.82 Å². The van der Waals surface area contributed by atoms with Crippen LogP contribution in [0.15, 0.2) is 55.0 Å². The van der Waals surface area contributed by atoms with Gasteiger partial charge in [-0.1, -0.05) is 23.7 Å². The van der Waals surface area contributed by atoms with E-state index in [1.807, 2.05) is 24.3 Å². The minimum absolute atomic E-state index is 0.208. The van der Waals surface area contributed by atoms with Gasteiger partial charge in [-0.3, -0.25) is 14.5 Å². The number of fused-ring (bicyclic) bond motifs is 1. The number of hydrogen-bond donors (Lipinski definition) is 3. The fraction of sp³-hybridized carbons (Fsp3) is 0.238. The Balaban J connectivity index is 1.19. The summed E-state index contributed by atoms with van der Waals surface area (Å²) in [6.45, 7) is 2.48. The number of carbonyl (C=O) groups excluding carboxylic acids is 1. The number of rotatable bonds is 9. The molecule has 0 atom stereocenters. The van der Waals surface area contributed by atoms with Crippen molar-refractivity contribution in [1.82, 2.24) is 35.4 Å². The van der Waals surface area contributed by atoms with Crippen LogP contribution in [0.5, 0.6) is 0 Å². The molecule has 30 heavy (non-hydrogen) atoms. The van der Waals surface area contributed by atoms with Crippen molar-refractivity contribution in [2.75, 3.05) is 13.1 Å². The highest BCUT2D eigenvalue weighted by Crippen LogP contribution is 2.12. The van der Waals surface area contributed by atoms with E-state index in [9.17, 15) is 4.79 Å². The van der Waals surface area contributed by atoms with Crippen LogP contribution in [0, 0.1) is 0 Å². The van der Waals surface area contributed by atoms with Crippen LogP contribution in [-0.2, 0) is 19.5 Å². The zero-order valence-corrected chi connectivity index (χ0v) is 17.1. The topological polar surface area (TPSA) is 101 Å². The molecule has 9 heteroatoms. The number of halogens is 1. The third-order valence-electron chi connectivity index (χ3n) is 4.64. The third kappa shape index (κ3) is 5.03. The first-order valence-corrected chi connectivity index (χ1v) is 10.1. The van der Waals surface area contributed by atoms with Crippen molar-refractivity contribution < 1.29 is 4.79 Å². The number of amides is 1. The maximum Gasteiger partial charge on any atom is 0.254 e. The maximum atomic E-state index is 12.3. The van der Waals surface area contributed by atoms with E-state index in [-0.39, 0.29) is 12.5 Å². The first-order chi connectivity index (χ1) is 14.7. The summed E-state index contributed by atoms with van der Waals surface area (Å²) in [5.41, 5.74) is 3.18. The number of imidazole rings is 1. The molecular formula is C21H22ClN7O. The molecule has 3 heterocycles. The number of benzene rings is 1. The minimum atomic E-state index is -0.208. The number of para-hydroxylation sites is 2. The van der Waals surface area contributed by atoms with Crippen LogP contribution >= 0.6 is 11.6 Å². The van der Waals surface area contributed by atoms with Crippen molar-refractivity contribution >= 4 is 28.5 Å². The van der Waals surface area contributed by atoms with Crippen LogP contribution in [0.25, 0.3) is 11.0 Å². The smallest absolute Gasteiger partial charge is 0.254 e. The van der Waals surface area contributed by atoms with Gasteiger partial charge in [-0.05, 0) is 24.3 Å². The standard InChI is InChI=1S/C21H22ClN7O/c22-16-4-3-8-24-19(16)13-25-21(30)15-12-26-29(14-15)11-10-23-9-7-20-27-17-5-1-2-6-18(17)28-20/h1-6,8,12,14,23H,7,9-11,13H2,(H,25,30)(H,27,28). The van der Waals surface area contributed by atoms with Crippen LogP contribution in [0.2, 0.25) is 5.02 Å². The molecule has 4 rings (SSSR count). The van der Waals surface area contributed by atoms with E-state index in [0.717, 1.165) is 36.4 Å². The van der Waals surface area contributed by atoms with Gasteiger partial charge in [-0.15, -0.1) is 0 Å². The molecule has 154 valence electrons. The van der Waals surface area contributed by atoms with Crippen LogP contribution in [0.4, 0.5) is 0 Å². The molecular weight excluding hydrogens is 402 g/mol. The Morgan fingerprint density at radius 2 is 2.07 bits per heavy atom. The maximum absolute atomic E-state index is 12.3. The number of aromatic nitrogens is 5. The lowest BCUT2D eigenvalue weighted by atomic mass is 10.3. The second kappa shape index (κ2) is 9.51. The number of pyridine rings is 1. The molecule has 0 aliphatic heterocycles. The lowest BCUT2D eigenvalue weighted by Crippen LogP contribution is -2.24. The quantitative estimate of drug-likeness (QED) is 0.359. The van der Waals surface area contributed by atoms with E-state index < -0.39 is 0 Å². The number of H-pyrrole nitrogens is 1. The summed E-state index contributed by atoms with van der Waals surface area (Å²) in [5, 5.41) is 11.0. The molecule has 0 unspecified atom stereocenters. The van der Waals surface area contributed by atoms with Gasteiger partial charge in [0.25, 0.3) is 5.91 Å². The molecule has 1 aromatic carbocycles. The highest BCUT2D eigenvalue weighted by molar-refractivity contribution is 6.31. The van der Waals surface area contributed by atoms with Gasteiger partial charge in [-0.2, -0.15) is 5.10 Å². The SMILES string of the molecule is O=C(NCc1ncccc1Cl)c1cnn(CCNCCc2nc3ccccc3[nH]2)c1. The van der Waals surface area contributed by atoms with Crippen LogP contribution in [-0.4, -0.2) is 43.7 Å². The summed E-state index contributed by atoms with van der Waals surface area (Å²) < 4.78 is 1.75. The zero-order valence-electron chi connectivity index (χ0n) is 16.3. The summed E-state index contributed by atoms with van der Waals surface area (Å²) in [4.78, 5) is 24.3. The van der Waals surface area contributed by atoms with Crippen molar-refractivity contribution in [3.05, 3.63) is 77.1 Å². The fourth-order valence-electron chi connectivity index (χ4n) is 3.07. The first-order valence-electron chi connectivity index (χ1n) is 9.73. The van der Waals surface area contributed by atoms with E-state index in [1.54, 1.807) is 35.4 Å². The van der Waals surface area contributed by atoms with Crippen molar-refractivity contribution in [2.45, 2.75) is 19.5 Å². The van der Waals surface area contributed by atoms with Crippen molar-refractivity contribution in [3.8, 4) is 0 Å². The summed E-state index contributed by atoms with van der Waals surface area (Å²) >= 11 is 6.06. The largest absolute Gasteiger partial charge is 0.346 e. The second-order valence-corrected chi connectivity index (χ2v) is 7.21. The Hall–Kier alpha value is -3.23. The zero-order chi connectivity index (χ0) is 20.8. The highest BCUT2D eigenvalue weighted by atomic mass is 35.5. The Bertz CT molecular complexity index is 1100. The average molecular weight is 424 g/mol. The number of hydrogen-bond acceptors (Lipinski definition) is 5. The Kier molecular flexibility index (Phi) is 6.36. The van der Waals surface area contributed by atoms with Crippen molar-refractivity contribution in [1.29, 1.82) is 0 Å². The molecule has 8 nitrogen and oxygen atoms in total. The van der Waals surface area contributed by atoms with E-state index in [4.69, 9.17) is 11.6 Å². The average Bonchev–Trinajstić information content (AvgIpc) is 3.39. The van der Waals surface area contributed by atoms with Gasteiger partial charge in [0.05, 0.1) is 46.6 Å². The predicted octanol–water partition coefficient (Wildman–Crippen LogP) is 2.57. The Labute approximate surface area is 178 Å². The van der Waals surface area contributed by atoms with Crippen molar-refractivity contribution in [2.24, 2.45) is 0 Å². The van der Waals surface area contributed by atoms with E-state index in [0.29, 0.717) is 22.8 Å². The lowest BCUT2D eigenvalue weighted by molar-refractivity contribution is 0.0950. The number of nitrogens with zero attached hydrogens (tertiary/aromatic N) is 4. The summed E-state index contributed by atoms with van der Waals surface area (Å²) in [6.07, 6.45) is 5.75. The van der Waals surface area contributed by atoms with Crippen LogP contribution in [0.1, 0.15) is 21.9 Å². The molecule has 0 saturated carbocycles. The normalized spacial score (nSPS) is 11.1. The number of aromatic amines is 1. The summed E-state index contributed by atoms with van der Waals surface area (Å²) in [5.74, 6) is 0.760. The van der Waals surface area contributed by atoms with Crippen LogP contribution < -0.4 is 10.6 Å². The monoisotopic (exact) mass is 423 g/mol. The Morgan fingerprint density at radius 1 is 1.17 bits per heavy atom. The van der Waals surface area contributed by atoms with Gasteiger partial charge in [0.15, 0.2) is 0 Å². The number of nitrogens with one attached hydrogen (secondary N) is 3. The molecule has 0 spiro atoms. The minimum Gasteiger partial charge on any atom is -0.346 e. The molecule has 0 fully saturated rings. The highest BCUT2D eigenvalue weighted by Gasteiger charge is 2.10. The van der Waals surface area contributed by atoms with Crippen molar-refractivity contribution in [3.63, 3.8) is 0 Å². The van der Waals surface area contributed by atoms with Gasteiger partial charge in [0, 0.05) is 31.9 Å². The molecule has 0 bridgehead atoms. The van der Waals surface area contributed by atoms with E-state index >= 15 is 0 Å². The molecule has 4 aromatic rings. The Morgan fingerprint density at radius 3 is 2.93 bits per heavy atom. The fourth-order valence-corrected chi connectivity index (χ4v) is 3.26. The summed E-state index contributed by atoms with van der Waals surface area (Å²) in [6, 6.07) is 11.5. The van der Waals surface area contributed by atoms with Gasteiger partial charge < -0.3 is 15.6 Å². The summed E-state index contributed by atoms with van der Waals surface area (Å²) in [7, 11) is 0. The second-order valence-electron chi connectivity index (χ2n) is 6.81. The molecule has 0 radical (unpaired) electrons. The lowest BCUT2D eigenvalue weighted by Gasteiger charge is -2.05. The van der Waals surface area contributed by atoms with E-state index in [1.165, 1.54) is 0 Å². The third-order valence-corrected chi connectivity index (χ3v) is 4.99. The predicted molar refractivity (Wildman–Crippen MR) is 115 cm³/mol. The molecule has 0 aliphatic rings. The molecule has 0 aliphatic carbocycles. The molecule has 3 N–H and O–H groups in total. The van der Waals surface area contributed by atoms with Gasteiger partial charge >= 0.3 is 0 Å². The molecule has 3 aromatic heterocycles. The van der Waals surface area contributed by atoms with Crippen LogP contribution in [0.3, 0.4) is 0 Å². The molecule has 1 amide bonds.